The fraction of sp³-hybridized carbons (Fsp3) is 0.533. The highest BCUT2D eigenvalue weighted by Crippen LogP contribution is 2.06. The molecule has 0 saturated carbocycles. The molecule has 2 unspecified atom stereocenters. The van der Waals surface area contributed by atoms with E-state index in [1.54, 1.807) is 13.8 Å². The highest BCUT2D eigenvalue weighted by molar-refractivity contribution is 5.94. The van der Waals surface area contributed by atoms with Crippen LogP contribution in [0.25, 0.3) is 0 Å². The lowest BCUT2D eigenvalue weighted by Crippen LogP contribution is -2.50. The van der Waals surface area contributed by atoms with E-state index in [0.717, 1.165) is 5.69 Å². The van der Waals surface area contributed by atoms with Gasteiger partial charge < -0.3 is 20.6 Å². The van der Waals surface area contributed by atoms with Crippen LogP contribution in [0.3, 0.4) is 0 Å². The number of nitrogens with one attached hydrogen (secondary N) is 2. The van der Waals surface area contributed by atoms with Crippen LogP contribution in [0.4, 0.5) is 5.69 Å². The van der Waals surface area contributed by atoms with E-state index in [9.17, 15) is 9.90 Å². The summed E-state index contributed by atoms with van der Waals surface area (Å²) < 4.78 is 0. The minimum Gasteiger partial charge on any atom is -0.388 e. The molecule has 5 nitrogen and oxygen atoms in total. The predicted molar refractivity (Wildman–Crippen MR) is 81.7 cm³/mol. The molecule has 1 amide bonds. The van der Waals surface area contributed by atoms with Gasteiger partial charge in [-0.1, -0.05) is 18.2 Å². The van der Waals surface area contributed by atoms with E-state index < -0.39 is 5.60 Å². The van der Waals surface area contributed by atoms with Gasteiger partial charge in [0.15, 0.2) is 0 Å². The quantitative estimate of drug-likeness (QED) is 0.694. The van der Waals surface area contributed by atoms with Gasteiger partial charge in [-0.15, -0.1) is 0 Å². The number of hydrogen-bond acceptors (Lipinski definition) is 4. The van der Waals surface area contributed by atoms with Crippen LogP contribution in [-0.2, 0) is 4.79 Å². The third kappa shape index (κ3) is 6.14. The van der Waals surface area contributed by atoms with Crippen molar-refractivity contribution in [2.45, 2.75) is 25.5 Å². The number of amides is 1. The van der Waals surface area contributed by atoms with Gasteiger partial charge in [-0.05, 0) is 40.1 Å². The minimum absolute atomic E-state index is 0.114. The molecule has 0 aromatic heterocycles. The molecule has 0 aliphatic carbocycles. The minimum atomic E-state index is -0.870. The SMILES string of the molecule is CC(NCC(C)(O)CN(C)C)C(=O)Nc1ccccc1. The molecule has 1 aromatic carbocycles. The lowest BCUT2D eigenvalue weighted by atomic mass is 10.1. The third-order valence-electron chi connectivity index (χ3n) is 2.88. The van der Waals surface area contributed by atoms with Crippen LogP contribution < -0.4 is 10.6 Å². The van der Waals surface area contributed by atoms with Crippen molar-refractivity contribution in [3.05, 3.63) is 30.3 Å². The van der Waals surface area contributed by atoms with Crippen molar-refractivity contribution in [2.24, 2.45) is 0 Å². The third-order valence-corrected chi connectivity index (χ3v) is 2.88. The zero-order valence-electron chi connectivity index (χ0n) is 12.7. The Bertz CT molecular complexity index is 418. The Morgan fingerprint density at radius 3 is 2.50 bits per heavy atom. The molecular weight excluding hydrogens is 254 g/mol. The summed E-state index contributed by atoms with van der Waals surface area (Å²) in [6.07, 6.45) is 0. The average Bonchev–Trinajstić information content (AvgIpc) is 2.35. The second-order valence-electron chi connectivity index (χ2n) is 5.69. The van der Waals surface area contributed by atoms with E-state index in [1.807, 2.05) is 49.3 Å². The maximum atomic E-state index is 12.0. The highest BCUT2D eigenvalue weighted by atomic mass is 16.3. The lowest BCUT2D eigenvalue weighted by molar-refractivity contribution is -0.118. The molecule has 0 aliphatic heterocycles. The molecule has 5 heteroatoms. The summed E-state index contributed by atoms with van der Waals surface area (Å²) in [4.78, 5) is 13.9. The van der Waals surface area contributed by atoms with Gasteiger partial charge in [0.2, 0.25) is 5.91 Å². The lowest BCUT2D eigenvalue weighted by Gasteiger charge is -2.28. The Hall–Kier alpha value is -1.43. The molecule has 1 aromatic rings. The Morgan fingerprint density at radius 2 is 1.95 bits per heavy atom. The molecular formula is C15H25N3O2. The summed E-state index contributed by atoms with van der Waals surface area (Å²) in [6, 6.07) is 8.95. The smallest absolute Gasteiger partial charge is 0.241 e. The van der Waals surface area contributed by atoms with Gasteiger partial charge in [-0.25, -0.2) is 0 Å². The second kappa shape index (κ2) is 7.38. The number of nitrogens with zero attached hydrogens (tertiary/aromatic N) is 1. The van der Waals surface area contributed by atoms with Crippen LogP contribution in [0.2, 0.25) is 0 Å². The van der Waals surface area contributed by atoms with Crippen LogP contribution in [-0.4, -0.2) is 54.7 Å². The van der Waals surface area contributed by atoms with Gasteiger partial charge in [0.1, 0.15) is 0 Å². The number of hydrogen-bond donors (Lipinski definition) is 3. The summed E-state index contributed by atoms with van der Waals surface area (Å²) in [6.45, 7) is 4.42. The van der Waals surface area contributed by atoms with Gasteiger partial charge in [-0.2, -0.15) is 0 Å². The first-order chi connectivity index (χ1) is 9.30. The van der Waals surface area contributed by atoms with Gasteiger partial charge in [0.25, 0.3) is 0 Å². The molecule has 0 fully saturated rings. The normalized spacial score (nSPS) is 15.7. The highest BCUT2D eigenvalue weighted by Gasteiger charge is 2.23. The van der Waals surface area contributed by atoms with Crippen molar-refractivity contribution in [2.75, 3.05) is 32.5 Å². The van der Waals surface area contributed by atoms with Crippen molar-refractivity contribution < 1.29 is 9.90 Å². The second-order valence-corrected chi connectivity index (χ2v) is 5.69. The summed E-state index contributed by atoms with van der Waals surface area (Å²) in [5.41, 5.74) is -0.101. The molecule has 0 radical (unpaired) electrons. The number of carbonyl (C=O) groups excluding carboxylic acids is 1. The van der Waals surface area contributed by atoms with Crippen LogP contribution >= 0.6 is 0 Å². The van der Waals surface area contributed by atoms with Crippen molar-refractivity contribution in [3.8, 4) is 0 Å². The molecule has 0 saturated heterocycles. The zero-order valence-corrected chi connectivity index (χ0v) is 12.7. The van der Waals surface area contributed by atoms with Crippen molar-refractivity contribution in [1.82, 2.24) is 10.2 Å². The first-order valence-corrected chi connectivity index (χ1v) is 6.76. The van der Waals surface area contributed by atoms with Crippen LogP contribution in [0, 0.1) is 0 Å². The molecule has 0 aliphatic rings. The van der Waals surface area contributed by atoms with Crippen LogP contribution in [0.15, 0.2) is 30.3 Å². The van der Waals surface area contributed by atoms with Gasteiger partial charge >= 0.3 is 0 Å². The number of aliphatic hydroxyl groups is 1. The van der Waals surface area contributed by atoms with Gasteiger partial charge in [0.05, 0.1) is 11.6 Å². The fourth-order valence-electron chi connectivity index (χ4n) is 1.97. The van der Waals surface area contributed by atoms with E-state index in [-0.39, 0.29) is 11.9 Å². The fourth-order valence-corrected chi connectivity index (χ4v) is 1.97. The average molecular weight is 279 g/mol. The van der Waals surface area contributed by atoms with Crippen molar-refractivity contribution >= 4 is 11.6 Å². The molecule has 20 heavy (non-hydrogen) atoms. The first kappa shape index (κ1) is 16.6. The van der Waals surface area contributed by atoms with E-state index in [2.05, 4.69) is 10.6 Å². The monoisotopic (exact) mass is 279 g/mol. The first-order valence-electron chi connectivity index (χ1n) is 6.76. The van der Waals surface area contributed by atoms with Crippen LogP contribution in [0.1, 0.15) is 13.8 Å². The Kier molecular flexibility index (Phi) is 6.13. The number of carbonyl (C=O) groups is 1. The number of para-hydroxylation sites is 1. The Labute approximate surface area is 121 Å². The number of likely N-dealkylation sites (N-methyl/N-ethyl adjacent to an activating group) is 1. The van der Waals surface area contributed by atoms with Crippen LogP contribution in [0.5, 0.6) is 0 Å². The maximum absolute atomic E-state index is 12.0. The summed E-state index contributed by atoms with van der Waals surface area (Å²) in [5, 5.41) is 16.1. The maximum Gasteiger partial charge on any atom is 0.241 e. The number of anilines is 1. The Balaban J connectivity index is 2.42. The predicted octanol–water partition coefficient (Wildman–Crippen LogP) is 0.916. The zero-order chi connectivity index (χ0) is 15.2. The largest absolute Gasteiger partial charge is 0.388 e. The molecule has 1 rings (SSSR count). The van der Waals surface area contributed by atoms with E-state index >= 15 is 0 Å². The summed E-state index contributed by atoms with van der Waals surface area (Å²) in [5.74, 6) is -0.114. The molecule has 112 valence electrons. The molecule has 0 bridgehead atoms. The van der Waals surface area contributed by atoms with Crippen molar-refractivity contribution in [1.29, 1.82) is 0 Å². The summed E-state index contributed by atoms with van der Waals surface area (Å²) in [7, 11) is 3.81. The number of benzene rings is 1. The molecule has 3 N–H and O–H groups in total. The molecule has 0 heterocycles. The molecule has 2 atom stereocenters. The standard InChI is InChI=1S/C15H25N3O2/c1-12(16-10-15(2,20)11-18(3)4)14(19)17-13-8-6-5-7-9-13/h5-9,12,16,20H,10-11H2,1-4H3,(H,17,19). The van der Waals surface area contributed by atoms with Gasteiger partial charge in [-0.3, -0.25) is 4.79 Å². The van der Waals surface area contributed by atoms with E-state index in [1.165, 1.54) is 0 Å². The molecule has 0 spiro atoms. The number of rotatable bonds is 7. The Morgan fingerprint density at radius 1 is 1.35 bits per heavy atom. The van der Waals surface area contributed by atoms with E-state index in [0.29, 0.717) is 13.1 Å². The van der Waals surface area contributed by atoms with Crippen molar-refractivity contribution in [3.63, 3.8) is 0 Å². The topological polar surface area (TPSA) is 64.6 Å². The summed E-state index contributed by atoms with van der Waals surface area (Å²) >= 11 is 0. The van der Waals surface area contributed by atoms with E-state index in [4.69, 9.17) is 0 Å². The van der Waals surface area contributed by atoms with Gasteiger partial charge in [0, 0.05) is 18.8 Å².